The van der Waals surface area contributed by atoms with E-state index in [2.05, 4.69) is 43.0 Å². The Morgan fingerprint density at radius 1 is 1.07 bits per heavy atom. The lowest BCUT2D eigenvalue weighted by Gasteiger charge is -2.28. The summed E-state index contributed by atoms with van der Waals surface area (Å²) in [6.07, 6.45) is 3.79. The average Bonchev–Trinajstić information content (AvgIpc) is 3.50. The number of amides is 1. The number of hydrogen-bond acceptors (Lipinski definition) is 8. The molecule has 0 spiro atoms. The van der Waals surface area contributed by atoms with Crippen molar-refractivity contribution < 1.29 is 9.53 Å². The number of carbonyl (C=O) groups excluding carboxylic acids is 1. The minimum atomic E-state index is -0.312. The summed E-state index contributed by atoms with van der Waals surface area (Å²) in [5, 5.41) is 11.2. The van der Waals surface area contributed by atoms with Gasteiger partial charge < -0.3 is 25.6 Å². The molecule has 2 fully saturated rings. The molecule has 1 atom stereocenters. The van der Waals surface area contributed by atoms with Gasteiger partial charge in [-0.3, -0.25) is 4.79 Å². The molecule has 0 bridgehead atoms. The van der Waals surface area contributed by atoms with Gasteiger partial charge >= 0.3 is 0 Å². The van der Waals surface area contributed by atoms with Gasteiger partial charge in [-0.15, -0.1) is 0 Å². The predicted octanol–water partition coefficient (Wildman–Crippen LogP) is 5.06. The summed E-state index contributed by atoms with van der Waals surface area (Å²) in [6.45, 7) is 4.68. The zero-order valence-electron chi connectivity index (χ0n) is 21.8. The van der Waals surface area contributed by atoms with Crippen LogP contribution in [0.3, 0.4) is 0 Å². The number of morpholine rings is 1. The maximum absolute atomic E-state index is 13.4. The quantitative estimate of drug-likeness (QED) is 0.280. The van der Waals surface area contributed by atoms with Gasteiger partial charge in [0.2, 0.25) is 5.95 Å². The van der Waals surface area contributed by atoms with Crippen molar-refractivity contribution in [1.29, 1.82) is 0 Å². The Balaban J connectivity index is 1.30. The zero-order chi connectivity index (χ0) is 27.5. The molecule has 3 N–H and O–H groups in total. The lowest BCUT2D eigenvalue weighted by Crippen LogP contribution is -2.37. The Bertz CT molecular complexity index is 1500. The molecule has 11 heteroatoms. The standard InChI is InChI=1S/C29H29Cl2N7O2/c30-23-4-1-5-24(31)25(23)22-15-18-16-34-29(35-19-6-8-21(9-7-19)38-11-13-40-14-12-38)37-27(18)36-26(22)28(39)33-17-20-3-2-10-32-20/h1,4-9,15-16,20,32H,2-3,10-14,17H2,(H,33,39)(H,34,35,36,37). The van der Waals surface area contributed by atoms with E-state index in [1.807, 2.05) is 18.2 Å². The third-order valence-electron chi connectivity index (χ3n) is 7.19. The third-order valence-corrected chi connectivity index (χ3v) is 7.82. The maximum atomic E-state index is 13.4. The SMILES string of the molecule is O=C(NCC1CCCN1)c1nc2nc(Nc3ccc(N4CCOCC4)cc3)ncc2cc1-c1c(Cl)cccc1Cl. The van der Waals surface area contributed by atoms with Crippen molar-refractivity contribution in [2.24, 2.45) is 0 Å². The first-order valence-electron chi connectivity index (χ1n) is 13.4. The number of fused-ring (bicyclic) bond motifs is 1. The number of benzene rings is 2. The van der Waals surface area contributed by atoms with Crippen LogP contribution in [-0.4, -0.2) is 66.3 Å². The van der Waals surface area contributed by atoms with Crippen LogP contribution in [0.15, 0.2) is 54.7 Å². The van der Waals surface area contributed by atoms with E-state index in [4.69, 9.17) is 32.9 Å². The van der Waals surface area contributed by atoms with Crippen LogP contribution in [0.1, 0.15) is 23.3 Å². The second kappa shape index (κ2) is 11.9. The molecule has 40 heavy (non-hydrogen) atoms. The number of pyridine rings is 1. The zero-order valence-corrected chi connectivity index (χ0v) is 23.3. The summed E-state index contributed by atoms with van der Waals surface area (Å²) in [6, 6.07) is 15.4. The first-order chi connectivity index (χ1) is 19.5. The van der Waals surface area contributed by atoms with Crippen LogP contribution in [-0.2, 0) is 4.74 Å². The molecule has 206 valence electrons. The number of ether oxygens (including phenoxy) is 1. The van der Waals surface area contributed by atoms with Crippen molar-refractivity contribution in [3.8, 4) is 11.1 Å². The fourth-order valence-electron chi connectivity index (χ4n) is 5.08. The van der Waals surface area contributed by atoms with Gasteiger partial charge in [-0.05, 0) is 61.9 Å². The number of carbonyl (C=O) groups is 1. The number of nitrogens with one attached hydrogen (secondary N) is 3. The van der Waals surface area contributed by atoms with Crippen molar-refractivity contribution in [3.63, 3.8) is 0 Å². The fraction of sp³-hybridized carbons (Fsp3) is 0.310. The molecule has 2 aromatic heterocycles. The molecule has 0 saturated carbocycles. The lowest BCUT2D eigenvalue weighted by atomic mass is 10.0. The molecular weight excluding hydrogens is 549 g/mol. The molecule has 0 radical (unpaired) electrons. The van der Waals surface area contributed by atoms with Crippen molar-refractivity contribution in [1.82, 2.24) is 25.6 Å². The number of nitrogens with zero attached hydrogens (tertiary/aromatic N) is 4. The fourth-order valence-corrected chi connectivity index (χ4v) is 5.68. The van der Waals surface area contributed by atoms with Gasteiger partial charge in [-0.25, -0.2) is 9.97 Å². The van der Waals surface area contributed by atoms with E-state index in [1.165, 1.54) is 0 Å². The van der Waals surface area contributed by atoms with E-state index in [0.29, 0.717) is 44.7 Å². The van der Waals surface area contributed by atoms with E-state index in [1.54, 1.807) is 24.4 Å². The van der Waals surface area contributed by atoms with Crippen molar-refractivity contribution in [2.45, 2.75) is 18.9 Å². The van der Waals surface area contributed by atoms with E-state index in [0.717, 1.165) is 57.1 Å². The molecular formula is C29H29Cl2N7O2. The Kier molecular flexibility index (Phi) is 7.97. The van der Waals surface area contributed by atoms with Crippen LogP contribution in [0.25, 0.3) is 22.2 Å². The molecule has 4 heterocycles. The summed E-state index contributed by atoms with van der Waals surface area (Å²) < 4.78 is 5.45. The van der Waals surface area contributed by atoms with Crippen LogP contribution < -0.4 is 20.9 Å². The number of hydrogen-bond donors (Lipinski definition) is 3. The van der Waals surface area contributed by atoms with Gasteiger partial charge in [-0.1, -0.05) is 29.3 Å². The van der Waals surface area contributed by atoms with Crippen LogP contribution >= 0.6 is 23.2 Å². The number of anilines is 3. The highest BCUT2D eigenvalue weighted by atomic mass is 35.5. The Labute approximate surface area is 242 Å². The van der Waals surface area contributed by atoms with E-state index < -0.39 is 0 Å². The average molecular weight is 579 g/mol. The van der Waals surface area contributed by atoms with Crippen molar-refractivity contribution in [3.05, 3.63) is 70.5 Å². The van der Waals surface area contributed by atoms with E-state index in [9.17, 15) is 4.79 Å². The molecule has 2 aliphatic heterocycles. The third kappa shape index (κ3) is 5.83. The monoisotopic (exact) mass is 577 g/mol. The maximum Gasteiger partial charge on any atom is 0.270 e. The van der Waals surface area contributed by atoms with Crippen molar-refractivity contribution >= 4 is 57.5 Å². The molecule has 9 nitrogen and oxygen atoms in total. The topological polar surface area (TPSA) is 104 Å². The first kappa shape index (κ1) is 26.7. The molecule has 6 rings (SSSR count). The largest absolute Gasteiger partial charge is 0.378 e. The first-order valence-corrected chi connectivity index (χ1v) is 14.1. The highest BCUT2D eigenvalue weighted by Crippen LogP contribution is 2.37. The second-order valence-corrected chi connectivity index (χ2v) is 10.7. The number of rotatable bonds is 7. The lowest BCUT2D eigenvalue weighted by molar-refractivity contribution is 0.0946. The van der Waals surface area contributed by atoms with E-state index in [-0.39, 0.29) is 17.6 Å². The van der Waals surface area contributed by atoms with E-state index >= 15 is 0 Å². The highest BCUT2D eigenvalue weighted by molar-refractivity contribution is 6.39. The Morgan fingerprint density at radius 2 is 1.85 bits per heavy atom. The van der Waals surface area contributed by atoms with Crippen molar-refractivity contribution in [2.75, 3.05) is 49.6 Å². The summed E-state index contributed by atoms with van der Waals surface area (Å²) in [4.78, 5) is 29.6. The minimum Gasteiger partial charge on any atom is -0.378 e. The van der Waals surface area contributed by atoms with Crippen LogP contribution in [0.2, 0.25) is 10.0 Å². The summed E-state index contributed by atoms with van der Waals surface area (Å²) in [5.41, 5.74) is 3.66. The molecule has 0 aliphatic carbocycles. The summed E-state index contributed by atoms with van der Waals surface area (Å²) in [5.74, 6) is 0.0672. The Morgan fingerprint density at radius 3 is 2.58 bits per heavy atom. The van der Waals surface area contributed by atoms with Gasteiger partial charge in [0.25, 0.3) is 5.91 Å². The number of aromatic nitrogens is 3. The van der Waals surface area contributed by atoms with Gasteiger partial charge in [0.05, 0.1) is 13.2 Å². The predicted molar refractivity (Wildman–Crippen MR) is 159 cm³/mol. The van der Waals surface area contributed by atoms with Gasteiger partial charge in [0.15, 0.2) is 5.65 Å². The highest BCUT2D eigenvalue weighted by Gasteiger charge is 2.22. The smallest absolute Gasteiger partial charge is 0.270 e. The molecule has 4 aromatic rings. The van der Waals surface area contributed by atoms with Crippen LogP contribution in [0.5, 0.6) is 0 Å². The molecule has 1 unspecified atom stereocenters. The van der Waals surface area contributed by atoms with Gasteiger partial charge in [0.1, 0.15) is 5.69 Å². The summed E-state index contributed by atoms with van der Waals surface area (Å²) >= 11 is 13.1. The molecule has 1 amide bonds. The molecule has 2 saturated heterocycles. The minimum absolute atomic E-state index is 0.208. The van der Waals surface area contributed by atoms with Crippen LogP contribution in [0.4, 0.5) is 17.3 Å². The van der Waals surface area contributed by atoms with Crippen LogP contribution in [0, 0.1) is 0 Å². The summed E-state index contributed by atoms with van der Waals surface area (Å²) in [7, 11) is 0. The number of halogens is 2. The second-order valence-electron chi connectivity index (χ2n) is 9.86. The van der Waals surface area contributed by atoms with Gasteiger partial charge in [-0.2, -0.15) is 4.98 Å². The Hall–Kier alpha value is -3.50. The molecule has 2 aliphatic rings. The molecule has 2 aromatic carbocycles. The van der Waals surface area contributed by atoms with Gasteiger partial charge in [0, 0.05) is 69.8 Å². The normalized spacial score (nSPS) is 17.2.